The summed E-state index contributed by atoms with van der Waals surface area (Å²) in [4.78, 5) is 51.1. The number of methoxy groups -OCH3 is 2. The number of rotatable bonds is 10. The number of esters is 2. The van der Waals surface area contributed by atoms with E-state index in [1.165, 1.54) is 62.8 Å². The van der Waals surface area contributed by atoms with E-state index in [0.29, 0.717) is 16.0 Å². The molecule has 0 fully saturated rings. The van der Waals surface area contributed by atoms with Gasteiger partial charge < -0.3 is 29.4 Å². The topological polar surface area (TPSA) is 137 Å². The lowest BCUT2D eigenvalue weighted by molar-refractivity contribution is -0.157. The molecule has 0 aliphatic heterocycles. The fourth-order valence-electron chi connectivity index (χ4n) is 3.15. The predicted molar refractivity (Wildman–Crippen MR) is 140 cm³/mol. The fourth-order valence-corrected chi connectivity index (χ4v) is 3.58. The van der Waals surface area contributed by atoms with Crippen LogP contribution in [0.4, 0.5) is 5.69 Å². The van der Waals surface area contributed by atoms with Crippen LogP contribution in [0.3, 0.4) is 0 Å². The number of carbonyl (C=O) groups excluding carboxylic acids is 3. The molecule has 38 heavy (non-hydrogen) atoms. The van der Waals surface area contributed by atoms with Crippen LogP contribution >= 0.6 is 27.5 Å². The van der Waals surface area contributed by atoms with E-state index in [9.17, 15) is 24.3 Å². The zero-order valence-corrected chi connectivity index (χ0v) is 22.3. The fraction of sp³-hybridized carbons (Fsp3) is 0.154. The third kappa shape index (κ3) is 7.24. The summed E-state index contributed by atoms with van der Waals surface area (Å²) in [5.74, 6) is -4.31. The molecule has 10 nitrogen and oxygen atoms in total. The molecule has 0 heterocycles. The summed E-state index contributed by atoms with van der Waals surface area (Å²) < 4.78 is 21.2. The first-order chi connectivity index (χ1) is 18.1. The summed E-state index contributed by atoms with van der Waals surface area (Å²) in [7, 11) is 2.78. The largest absolute Gasteiger partial charge is 0.497 e. The third-order valence-corrected chi connectivity index (χ3v) is 6.28. The van der Waals surface area contributed by atoms with Gasteiger partial charge in [0.05, 0.1) is 30.4 Å². The highest BCUT2D eigenvalue weighted by molar-refractivity contribution is 9.10. The van der Waals surface area contributed by atoms with E-state index in [4.69, 9.17) is 30.5 Å². The Bertz CT molecular complexity index is 1360. The molecule has 0 aliphatic carbocycles. The van der Waals surface area contributed by atoms with E-state index >= 15 is 0 Å². The van der Waals surface area contributed by atoms with Gasteiger partial charge in [0.1, 0.15) is 11.5 Å². The van der Waals surface area contributed by atoms with Gasteiger partial charge in [-0.15, -0.1) is 0 Å². The first-order valence-electron chi connectivity index (χ1n) is 10.8. The summed E-state index contributed by atoms with van der Waals surface area (Å²) in [5, 5.41) is 12.6. The monoisotopic (exact) mass is 605 g/mol. The third-order valence-electron chi connectivity index (χ3n) is 5.04. The van der Waals surface area contributed by atoms with Gasteiger partial charge in [-0.05, 0) is 70.5 Å². The maximum Gasteiger partial charge on any atom is 0.349 e. The molecule has 1 amide bonds. The number of hydrogen-bond donors (Lipinski definition) is 2. The number of nitrogens with one attached hydrogen (secondary N) is 1. The molecule has 0 saturated carbocycles. The molecule has 3 aromatic rings. The Balaban J connectivity index is 1.94. The van der Waals surface area contributed by atoms with Crippen LogP contribution in [0.5, 0.6) is 11.5 Å². The number of carboxylic acids is 1. The molecule has 3 rings (SSSR count). The zero-order valence-electron chi connectivity index (χ0n) is 20.0. The Morgan fingerprint density at radius 2 is 1.34 bits per heavy atom. The molecule has 0 aliphatic rings. The van der Waals surface area contributed by atoms with Crippen molar-refractivity contribution in [2.45, 2.75) is 12.2 Å². The lowest BCUT2D eigenvalue weighted by Crippen LogP contribution is -2.48. The molecule has 3 aromatic carbocycles. The van der Waals surface area contributed by atoms with Gasteiger partial charge in [0.15, 0.2) is 0 Å². The van der Waals surface area contributed by atoms with Crippen LogP contribution in [0, 0.1) is 0 Å². The van der Waals surface area contributed by atoms with Crippen molar-refractivity contribution in [3.63, 3.8) is 0 Å². The molecular weight excluding hydrogens is 586 g/mol. The first-order valence-corrected chi connectivity index (χ1v) is 12.0. The van der Waals surface area contributed by atoms with E-state index < -0.39 is 36.0 Å². The van der Waals surface area contributed by atoms with Crippen LogP contribution in [-0.2, 0) is 19.1 Å². The highest BCUT2D eigenvalue weighted by Gasteiger charge is 2.41. The van der Waals surface area contributed by atoms with Crippen LogP contribution < -0.4 is 14.8 Å². The van der Waals surface area contributed by atoms with Crippen molar-refractivity contribution >= 4 is 57.0 Å². The maximum atomic E-state index is 13.2. The number of aliphatic carboxylic acids is 1. The van der Waals surface area contributed by atoms with E-state index in [1.54, 1.807) is 18.2 Å². The molecule has 2 atom stereocenters. The molecule has 0 aromatic heterocycles. The van der Waals surface area contributed by atoms with E-state index in [2.05, 4.69) is 21.2 Å². The number of carbonyl (C=O) groups is 4. The van der Waals surface area contributed by atoms with Gasteiger partial charge in [-0.3, -0.25) is 4.79 Å². The normalized spacial score (nSPS) is 12.0. The molecule has 0 unspecified atom stereocenters. The Labute approximate surface area is 230 Å². The summed E-state index contributed by atoms with van der Waals surface area (Å²) in [6.45, 7) is 0. The van der Waals surface area contributed by atoms with Gasteiger partial charge in [-0.1, -0.05) is 23.7 Å². The van der Waals surface area contributed by atoms with Crippen LogP contribution in [0.2, 0.25) is 5.02 Å². The van der Waals surface area contributed by atoms with Crippen molar-refractivity contribution in [1.82, 2.24) is 0 Å². The number of anilines is 1. The van der Waals surface area contributed by atoms with Gasteiger partial charge in [0, 0.05) is 10.2 Å². The molecular formula is C26H21BrClNO9. The summed E-state index contributed by atoms with van der Waals surface area (Å²) >= 11 is 9.30. The van der Waals surface area contributed by atoms with Gasteiger partial charge in [-0.2, -0.15) is 0 Å². The molecule has 12 heteroatoms. The van der Waals surface area contributed by atoms with Crippen molar-refractivity contribution in [3.05, 3.63) is 87.4 Å². The first kappa shape index (κ1) is 28.5. The Morgan fingerprint density at radius 1 is 0.816 bits per heavy atom. The average Bonchev–Trinajstić information content (AvgIpc) is 2.92. The van der Waals surface area contributed by atoms with E-state index in [1.807, 2.05) is 0 Å². The van der Waals surface area contributed by atoms with E-state index in [0.717, 1.165) is 0 Å². The summed E-state index contributed by atoms with van der Waals surface area (Å²) in [5.41, 5.74) is 0.0968. The van der Waals surface area contributed by atoms with Gasteiger partial charge in [0.25, 0.3) is 5.91 Å². The Morgan fingerprint density at radius 3 is 1.82 bits per heavy atom. The van der Waals surface area contributed by atoms with Gasteiger partial charge in [0.2, 0.25) is 12.2 Å². The van der Waals surface area contributed by atoms with Gasteiger partial charge in [-0.25, -0.2) is 14.4 Å². The zero-order chi connectivity index (χ0) is 27.8. The molecule has 198 valence electrons. The number of hydrogen-bond acceptors (Lipinski definition) is 8. The van der Waals surface area contributed by atoms with Crippen LogP contribution in [0.1, 0.15) is 20.7 Å². The van der Waals surface area contributed by atoms with Crippen molar-refractivity contribution in [2.24, 2.45) is 0 Å². The van der Waals surface area contributed by atoms with Crippen LogP contribution in [0.15, 0.2) is 71.2 Å². The number of halogens is 2. The summed E-state index contributed by atoms with van der Waals surface area (Å²) in [6, 6.07) is 16.0. The number of ether oxygens (including phenoxy) is 4. The van der Waals surface area contributed by atoms with Crippen molar-refractivity contribution < 1.29 is 43.2 Å². The van der Waals surface area contributed by atoms with Crippen molar-refractivity contribution in [2.75, 3.05) is 19.5 Å². The minimum atomic E-state index is -2.21. The lowest BCUT2D eigenvalue weighted by Gasteiger charge is -2.23. The lowest BCUT2D eigenvalue weighted by atomic mass is 10.1. The average molecular weight is 607 g/mol. The minimum Gasteiger partial charge on any atom is -0.497 e. The van der Waals surface area contributed by atoms with Crippen LogP contribution in [-0.4, -0.2) is 55.3 Å². The highest BCUT2D eigenvalue weighted by Crippen LogP contribution is 2.26. The number of carboxylic acid groups (broad SMARTS) is 1. The highest BCUT2D eigenvalue weighted by atomic mass is 79.9. The summed E-state index contributed by atoms with van der Waals surface area (Å²) in [6.07, 6.45) is -4.31. The Hall–Kier alpha value is -4.09. The quantitative estimate of drug-likeness (QED) is 0.317. The smallest absolute Gasteiger partial charge is 0.349 e. The Kier molecular flexibility index (Phi) is 9.69. The van der Waals surface area contributed by atoms with Gasteiger partial charge >= 0.3 is 17.9 Å². The van der Waals surface area contributed by atoms with Crippen molar-refractivity contribution in [3.8, 4) is 11.5 Å². The number of amides is 1. The molecule has 2 N–H and O–H groups in total. The van der Waals surface area contributed by atoms with Crippen LogP contribution in [0.25, 0.3) is 0 Å². The molecule has 0 saturated heterocycles. The SMILES string of the molecule is COc1cccc(C(=O)O[C@H](C(=O)O)[C@H](OC(=O)c2cccc(OC)c2)C(=O)Nc2ccc(Br)c(Cl)c2)c1. The predicted octanol–water partition coefficient (Wildman–Crippen LogP) is 4.59. The minimum absolute atomic E-state index is 0.0305. The standard InChI is InChI=1S/C26H21BrClNO9/c1-35-17-7-3-5-14(11-17)25(33)37-21(23(30)29-16-9-10-19(27)20(28)13-16)22(24(31)32)38-26(34)15-6-4-8-18(12-15)36-2/h3-13,21-22H,1-2H3,(H,29,30)(H,31,32)/t21-,22-/m0/s1. The maximum absolute atomic E-state index is 13.2. The van der Waals surface area contributed by atoms with E-state index in [-0.39, 0.29) is 21.8 Å². The second-order valence-corrected chi connectivity index (χ2v) is 8.83. The molecule has 0 radical (unpaired) electrons. The second-order valence-electron chi connectivity index (χ2n) is 7.57. The number of benzene rings is 3. The second kappa shape index (κ2) is 12.9. The molecule has 0 spiro atoms. The van der Waals surface area contributed by atoms with Crippen molar-refractivity contribution in [1.29, 1.82) is 0 Å². The molecule has 0 bridgehead atoms.